The van der Waals surface area contributed by atoms with Crippen molar-refractivity contribution in [3.05, 3.63) is 46.6 Å². The molecule has 0 amide bonds. The van der Waals surface area contributed by atoms with E-state index in [1.165, 1.54) is 11.5 Å². The summed E-state index contributed by atoms with van der Waals surface area (Å²) in [6.45, 7) is 5.80. The van der Waals surface area contributed by atoms with Crippen molar-refractivity contribution in [1.29, 1.82) is 0 Å². The molecule has 0 saturated carbocycles. The Morgan fingerprint density at radius 1 is 1.32 bits per heavy atom. The highest BCUT2D eigenvalue weighted by atomic mass is 35.5. The number of aromatic nitrogens is 3. The maximum atomic E-state index is 10.7. The van der Waals surface area contributed by atoms with Crippen LogP contribution in [0.3, 0.4) is 0 Å². The Morgan fingerprint density at radius 3 is 2.75 bits per heavy atom. The number of nitrogens with zero attached hydrogens (tertiary/aromatic N) is 3. The first kappa shape index (κ1) is 20.2. The van der Waals surface area contributed by atoms with Gasteiger partial charge in [0, 0.05) is 23.7 Å². The number of ether oxygens (including phenoxy) is 1. The molecule has 28 heavy (non-hydrogen) atoms. The molecule has 0 atom stereocenters. The number of carboxylic acid groups (broad SMARTS) is 1. The molecule has 0 aliphatic heterocycles. The van der Waals surface area contributed by atoms with Crippen LogP contribution in [0.4, 0.5) is 0 Å². The number of aryl methyl sites for hydroxylation is 2. The molecule has 0 aliphatic carbocycles. The maximum Gasteiger partial charge on any atom is 0.303 e. The van der Waals surface area contributed by atoms with Crippen LogP contribution in [0.25, 0.3) is 22.0 Å². The van der Waals surface area contributed by atoms with E-state index in [0.29, 0.717) is 23.1 Å². The highest BCUT2D eigenvalue weighted by Gasteiger charge is 2.14. The van der Waals surface area contributed by atoms with E-state index >= 15 is 0 Å². The minimum absolute atomic E-state index is 0.00886. The van der Waals surface area contributed by atoms with Gasteiger partial charge in [0.05, 0.1) is 6.10 Å². The third-order valence-corrected chi connectivity index (χ3v) is 5.02. The van der Waals surface area contributed by atoms with Gasteiger partial charge >= 0.3 is 5.97 Å². The Kier molecular flexibility index (Phi) is 6.26. The molecule has 3 rings (SSSR count). The van der Waals surface area contributed by atoms with Crippen LogP contribution in [0.1, 0.15) is 31.4 Å². The van der Waals surface area contributed by atoms with Crippen LogP contribution in [0.2, 0.25) is 5.02 Å². The van der Waals surface area contributed by atoms with Crippen LogP contribution >= 0.6 is 23.1 Å². The largest absolute Gasteiger partial charge is 0.481 e. The lowest BCUT2D eigenvalue weighted by Crippen LogP contribution is -2.07. The fourth-order valence-corrected chi connectivity index (χ4v) is 3.55. The van der Waals surface area contributed by atoms with Crippen molar-refractivity contribution in [2.24, 2.45) is 0 Å². The molecule has 2 aromatic heterocycles. The van der Waals surface area contributed by atoms with Crippen LogP contribution in [0, 0.1) is 6.92 Å². The average molecular weight is 418 g/mol. The van der Waals surface area contributed by atoms with Crippen molar-refractivity contribution in [3.8, 4) is 27.8 Å². The predicted octanol–water partition coefficient (Wildman–Crippen LogP) is 5.03. The Balaban J connectivity index is 1.82. The molecule has 1 aromatic carbocycles. The van der Waals surface area contributed by atoms with Gasteiger partial charge in [-0.2, -0.15) is 4.37 Å². The first-order valence-corrected chi connectivity index (χ1v) is 9.96. The van der Waals surface area contributed by atoms with Crippen molar-refractivity contribution < 1.29 is 14.6 Å². The van der Waals surface area contributed by atoms with Gasteiger partial charge in [-0.05, 0) is 55.9 Å². The summed E-state index contributed by atoms with van der Waals surface area (Å²) in [7, 11) is 0. The third kappa shape index (κ3) is 4.85. The van der Waals surface area contributed by atoms with Crippen LogP contribution in [-0.4, -0.2) is 31.5 Å². The molecule has 1 N–H and O–H groups in total. The molecular weight excluding hydrogens is 398 g/mol. The van der Waals surface area contributed by atoms with E-state index in [4.69, 9.17) is 21.4 Å². The molecule has 8 heteroatoms. The Labute approximate surface area is 172 Å². The lowest BCUT2D eigenvalue weighted by molar-refractivity contribution is -0.136. The number of carbonyl (C=O) groups is 1. The van der Waals surface area contributed by atoms with Gasteiger partial charge in [-0.25, -0.2) is 9.97 Å². The van der Waals surface area contributed by atoms with Crippen LogP contribution in [0.15, 0.2) is 30.5 Å². The molecule has 3 aromatic rings. The number of rotatable bonds is 7. The molecule has 0 fully saturated rings. The second kappa shape index (κ2) is 8.67. The Hall–Kier alpha value is -2.51. The number of halogens is 1. The van der Waals surface area contributed by atoms with Crippen LogP contribution < -0.4 is 4.74 Å². The number of aliphatic carboxylic acids is 1. The summed E-state index contributed by atoms with van der Waals surface area (Å²) in [5, 5.41) is 9.98. The topological polar surface area (TPSA) is 85.2 Å². The highest BCUT2D eigenvalue weighted by Crippen LogP contribution is 2.32. The minimum Gasteiger partial charge on any atom is -0.481 e. The molecule has 0 aliphatic rings. The van der Waals surface area contributed by atoms with Crippen molar-refractivity contribution in [2.75, 3.05) is 0 Å². The lowest BCUT2D eigenvalue weighted by Gasteiger charge is -2.10. The van der Waals surface area contributed by atoms with Crippen molar-refractivity contribution in [3.63, 3.8) is 0 Å². The fourth-order valence-electron chi connectivity index (χ4n) is 2.69. The van der Waals surface area contributed by atoms with Gasteiger partial charge in [0.15, 0.2) is 5.82 Å². The summed E-state index contributed by atoms with van der Waals surface area (Å²) in [5.41, 5.74) is 3.68. The maximum absolute atomic E-state index is 10.7. The van der Waals surface area contributed by atoms with Gasteiger partial charge in [0.1, 0.15) is 10.0 Å². The van der Waals surface area contributed by atoms with Gasteiger partial charge in [-0.3, -0.25) is 4.79 Å². The van der Waals surface area contributed by atoms with E-state index in [0.717, 1.165) is 27.3 Å². The third-order valence-electron chi connectivity index (χ3n) is 3.99. The second-order valence-electron chi connectivity index (χ2n) is 6.64. The van der Waals surface area contributed by atoms with E-state index in [9.17, 15) is 4.79 Å². The summed E-state index contributed by atoms with van der Waals surface area (Å²) < 4.78 is 10.0. The van der Waals surface area contributed by atoms with Crippen molar-refractivity contribution in [1.82, 2.24) is 14.3 Å². The Morgan fingerprint density at radius 2 is 2.11 bits per heavy atom. The average Bonchev–Trinajstić information content (AvgIpc) is 3.11. The van der Waals surface area contributed by atoms with Crippen molar-refractivity contribution >= 4 is 29.1 Å². The number of benzene rings is 1. The molecule has 0 unspecified atom stereocenters. The predicted molar refractivity (Wildman–Crippen MR) is 110 cm³/mol. The van der Waals surface area contributed by atoms with Gasteiger partial charge in [0.25, 0.3) is 0 Å². The summed E-state index contributed by atoms with van der Waals surface area (Å²) in [5.74, 6) is 0.225. The summed E-state index contributed by atoms with van der Waals surface area (Å²) in [6.07, 6.45) is 2.28. The molecule has 6 nitrogen and oxygen atoms in total. The SMILES string of the molecule is Cc1cc(CCC(=O)O)ccc1-c1nsc(-c2cnc(OC(C)C)c(Cl)c2)n1. The summed E-state index contributed by atoms with van der Waals surface area (Å²) >= 11 is 7.54. The normalized spacial score (nSPS) is 11.0. The molecule has 2 heterocycles. The van der Waals surface area contributed by atoms with Gasteiger partial charge < -0.3 is 9.84 Å². The molecule has 0 radical (unpaired) electrons. The summed E-state index contributed by atoms with van der Waals surface area (Å²) in [6, 6.07) is 7.61. The highest BCUT2D eigenvalue weighted by molar-refractivity contribution is 7.09. The molecule has 0 bridgehead atoms. The number of hydrogen-bond acceptors (Lipinski definition) is 6. The standard InChI is InChI=1S/C20H20ClN3O3S/c1-11(2)27-19-16(21)9-14(10-22-19)20-23-18(24-28-20)15-6-4-13(8-12(15)3)5-7-17(25)26/h4,6,8-11H,5,7H2,1-3H3,(H,25,26). The lowest BCUT2D eigenvalue weighted by atomic mass is 10.0. The van der Waals surface area contributed by atoms with E-state index in [1.807, 2.05) is 39.0 Å². The molecule has 0 saturated heterocycles. The van der Waals surface area contributed by atoms with Gasteiger partial charge in [-0.1, -0.05) is 29.8 Å². The number of pyridine rings is 1. The minimum atomic E-state index is -0.801. The molecule has 146 valence electrons. The Bertz CT molecular complexity index is 1000. The van der Waals surface area contributed by atoms with E-state index in [2.05, 4.69) is 14.3 Å². The first-order valence-electron chi connectivity index (χ1n) is 8.81. The number of hydrogen-bond donors (Lipinski definition) is 1. The van der Waals surface area contributed by atoms with Crippen molar-refractivity contribution in [2.45, 2.75) is 39.7 Å². The summed E-state index contributed by atoms with van der Waals surface area (Å²) in [4.78, 5) is 19.6. The quantitative estimate of drug-likeness (QED) is 0.580. The van der Waals surface area contributed by atoms with Gasteiger partial charge in [-0.15, -0.1) is 0 Å². The van der Waals surface area contributed by atoms with Gasteiger partial charge in [0.2, 0.25) is 5.88 Å². The van der Waals surface area contributed by atoms with Crippen LogP contribution in [0.5, 0.6) is 5.88 Å². The zero-order valence-corrected chi connectivity index (χ0v) is 17.3. The van der Waals surface area contributed by atoms with E-state index < -0.39 is 5.97 Å². The van der Waals surface area contributed by atoms with Crippen LogP contribution in [-0.2, 0) is 11.2 Å². The monoisotopic (exact) mass is 417 g/mol. The zero-order valence-electron chi connectivity index (χ0n) is 15.8. The zero-order chi connectivity index (χ0) is 20.3. The molecule has 0 spiro atoms. The number of carboxylic acids is 1. The smallest absolute Gasteiger partial charge is 0.303 e. The first-order chi connectivity index (χ1) is 13.3. The molecular formula is C20H20ClN3O3S. The van der Waals surface area contributed by atoms with E-state index in [-0.39, 0.29) is 12.5 Å². The second-order valence-corrected chi connectivity index (χ2v) is 7.80. The fraction of sp³-hybridized carbons (Fsp3) is 0.300. The van der Waals surface area contributed by atoms with E-state index in [1.54, 1.807) is 12.3 Å².